The van der Waals surface area contributed by atoms with Crippen molar-refractivity contribution in [2.75, 3.05) is 19.6 Å². The quantitative estimate of drug-likeness (QED) is 0.707. The molecule has 0 bridgehead atoms. The summed E-state index contributed by atoms with van der Waals surface area (Å²) in [5, 5.41) is 13.3. The van der Waals surface area contributed by atoms with E-state index >= 15 is 0 Å². The fourth-order valence-electron chi connectivity index (χ4n) is 3.81. The molecule has 6 nitrogen and oxygen atoms in total. The van der Waals surface area contributed by atoms with Crippen LogP contribution < -0.4 is 5.32 Å². The largest absolute Gasteiger partial charge is 0.361 e. The average molecular weight is 408 g/mol. The zero-order valence-electron chi connectivity index (χ0n) is 17.7. The van der Waals surface area contributed by atoms with Gasteiger partial charge in [0.15, 0.2) is 0 Å². The zero-order valence-corrected chi connectivity index (χ0v) is 18.4. The van der Waals surface area contributed by atoms with Gasteiger partial charge in [-0.15, -0.1) is 0 Å². The summed E-state index contributed by atoms with van der Waals surface area (Å²) >= 11 is 6.62. The van der Waals surface area contributed by atoms with Crippen LogP contribution in [-0.4, -0.2) is 45.5 Å². The molecule has 156 valence electrons. The van der Waals surface area contributed by atoms with Crippen molar-refractivity contribution < 1.29 is 4.52 Å². The van der Waals surface area contributed by atoms with Gasteiger partial charge in [0.05, 0.1) is 0 Å². The Morgan fingerprint density at radius 3 is 2.89 bits per heavy atom. The Morgan fingerprint density at radius 2 is 2.18 bits per heavy atom. The molecule has 1 fully saturated rings. The standard InChI is InChI=1S/C21H34ClN5O/c1-5-17-12-19(25-28-17)20-18(21(22)26(4)24-20)14-27-11-7-6-8-16(13-27)23-10-9-15(2)3/h12,15-16,23H,5-11,13-14H2,1-4H3. The Morgan fingerprint density at radius 1 is 1.36 bits per heavy atom. The molecule has 2 aromatic heterocycles. The highest BCUT2D eigenvalue weighted by Crippen LogP contribution is 2.30. The van der Waals surface area contributed by atoms with E-state index in [1.807, 2.05) is 13.1 Å². The predicted molar refractivity (Wildman–Crippen MR) is 113 cm³/mol. The van der Waals surface area contributed by atoms with E-state index < -0.39 is 0 Å². The van der Waals surface area contributed by atoms with Crippen molar-refractivity contribution >= 4 is 11.6 Å². The van der Waals surface area contributed by atoms with E-state index in [0.29, 0.717) is 11.2 Å². The van der Waals surface area contributed by atoms with Crippen LogP contribution in [0.15, 0.2) is 10.6 Å². The number of hydrogen-bond acceptors (Lipinski definition) is 5. The van der Waals surface area contributed by atoms with Gasteiger partial charge in [0, 0.05) is 44.2 Å². The number of nitrogens with zero attached hydrogens (tertiary/aromatic N) is 4. The maximum Gasteiger partial charge on any atom is 0.137 e. The van der Waals surface area contributed by atoms with Crippen molar-refractivity contribution in [2.24, 2.45) is 13.0 Å². The lowest BCUT2D eigenvalue weighted by Crippen LogP contribution is -2.40. The molecule has 1 N–H and O–H groups in total. The first kappa shape index (κ1) is 21.3. The van der Waals surface area contributed by atoms with Gasteiger partial charge in [-0.3, -0.25) is 9.58 Å². The van der Waals surface area contributed by atoms with E-state index in [-0.39, 0.29) is 0 Å². The smallest absolute Gasteiger partial charge is 0.137 e. The lowest BCUT2D eigenvalue weighted by Gasteiger charge is -2.25. The summed E-state index contributed by atoms with van der Waals surface area (Å²) in [5.41, 5.74) is 2.66. The highest BCUT2D eigenvalue weighted by Gasteiger charge is 2.24. The molecule has 0 radical (unpaired) electrons. The number of rotatable bonds is 8. The molecule has 1 aliphatic heterocycles. The second kappa shape index (κ2) is 9.90. The van der Waals surface area contributed by atoms with Crippen LogP contribution in [0.4, 0.5) is 0 Å². The van der Waals surface area contributed by atoms with Crippen LogP contribution in [-0.2, 0) is 20.0 Å². The van der Waals surface area contributed by atoms with Crippen LogP contribution >= 0.6 is 11.6 Å². The van der Waals surface area contributed by atoms with Crippen molar-refractivity contribution in [1.29, 1.82) is 0 Å². The molecular weight excluding hydrogens is 374 g/mol. The number of aromatic nitrogens is 3. The van der Waals surface area contributed by atoms with Gasteiger partial charge in [0.1, 0.15) is 22.3 Å². The van der Waals surface area contributed by atoms with Crippen LogP contribution in [0.1, 0.15) is 57.8 Å². The highest BCUT2D eigenvalue weighted by molar-refractivity contribution is 6.30. The van der Waals surface area contributed by atoms with Gasteiger partial charge in [0.25, 0.3) is 0 Å². The number of halogens is 1. The molecule has 28 heavy (non-hydrogen) atoms. The molecule has 1 unspecified atom stereocenters. The SMILES string of the molecule is CCc1cc(-c2nn(C)c(Cl)c2CN2CCCCC(NCCC(C)C)C2)no1. The first-order valence-corrected chi connectivity index (χ1v) is 11.0. The maximum atomic E-state index is 6.62. The third-order valence-electron chi connectivity index (χ3n) is 5.51. The summed E-state index contributed by atoms with van der Waals surface area (Å²) in [7, 11) is 1.88. The minimum absolute atomic E-state index is 0.541. The molecule has 0 aliphatic carbocycles. The van der Waals surface area contributed by atoms with Gasteiger partial charge in [-0.05, 0) is 38.3 Å². The van der Waals surface area contributed by atoms with Gasteiger partial charge in [-0.25, -0.2) is 0 Å². The number of hydrogen-bond donors (Lipinski definition) is 1. The van der Waals surface area contributed by atoms with Gasteiger partial charge in [-0.1, -0.05) is 43.9 Å². The molecular formula is C21H34ClN5O. The Labute approximate surface area is 173 Å². The van der Waals surface area contributed by atoms with E-state index in [4.69, 9.17) is 16.1 Å². The molecule has 1 saturated heterocycles. The number of nitrogens with one attached hydrogen (secondary N) is 1. The van der Waals surface area contributed by atoms with Crippen LogP contribution in [0.25, 0.3) is 11.4 Å². The lowest BCUT2D eigenvalue weighted by molar-refractivity contribution is 0.250. The average Bonchev–Trinajstić information content (AvgIpc) is 3.16. The minimum atomic E-state index is 0.541. The Balaban J connectivity index is 1.72. The first-order chi connectivity index (χ1) is 13.5. The second-order valence-corrected chi connectivity index (χ2v) is 8.70. The second-order valence-electron chi connectivity index (χ2n) is 8.34. The Bertz CT molecular complexity index is 754. The van der Waals surface area contributed by atoms with Crippen molar-refractivity contribution in [3.05, 3.63) is 22.5 Å². The number of likely N-dealkylation sites (tertiary alicyclic amines) is 1. The van der Waals surface area contributed by atoms with Crippen LogP contribution in [0.5, 0.6) is 0 Å². The van der Waals surface area contributed by atoms with Crippen molar-refractivity contribution in [3.8, 4) is 11.4 Å². The van der Waals surface area contributed by atoms with Crippen LogP contribution in [0.2, 0.25) is 5.15 Å². The normalized spacial score (nSPS) is 18.7. The summed E-state index contributed by atoms with van der Waals surface area (Å²) in [5.74, 6) is 1.61. The van der Waals surface area contributed by atoms with E-state index in [1.165, 1.54) is 25.7 Å². The molecule has 1 aliphatic rings. The summed E-state index contributed by atoms with van der Waals surface area (Å²) in [6, 6.07) is 2.51. The topological polar surface area (TPSA) is 59.1 Å². The number of aryl methyl sites for hydroxylation is 2. The van der Waals surface area contributed by atoms with Crippen molar-refractivity contribution in [2.45, 2.75) is 65.5 Å². The van der Waals surface area contributed by atoms with Gasteiger partial charge in [0.2, 0.25) is 0 Å². The summed E-state index contributed by atoms with van der Waals surface area (Å²) < 4.78 is 7.14. The molecule has 3 heterocycles. The third kappa shape index (κ3) is 5.37. The maximum absolute atomic E-state index is 6.62. The fraction of sp³-hybridized carbons (Fsp3) is 0.714. The summed E-state index contributed by atoms with van der Waals surface area (Å²) in [6.07, 6.45) is 5.78. The minimum Gasteiger partial charge on any atom is -0.361 e. The Kier molecular flexibility index (Phi) is 7.55. The Hall–Kier alpha value is -1.37. The van der Waals surface area contributed by atoms with Crippen molar-refractivity contribution in [1.82, 2.24) is 25.2 Å². The third-order valence-corrected chi connectivity index (χ3v) is 5.98. The summed E-state index contributed by atoms with van der Waals surface area (Å²) in [4.78, 5) is 2.51. The molecule has 0 saturated carbocycles. The molecule has 0 spiro atoms. The monoisotopic (exact) mass is 407 g/mol. The van der Waals surface area contributed by atoms with Gasteiger partial charge in [-0.2, -0.15) is 5.10 Å². The molecule has 1 atom stereocenters. The fourth-order valence-corrected chi connectivity index (χ4v) is 4.00. The van der Waals surface area contributed by atoms with E-state index in [0.717, 1.165) is 61.2 Å². The van der Waals surface area contributed by atoms with Crippen molar-refractivity contribution in [3.63, 3.8) is 0 Å². The molecule has 0 amide bonds. The van der Waals surface area contributed by atoms with Gasteiger partial charge < -0.3 is 9.84 Å². The molecule has 7 heteroatoms. The molecule has 2 aromatic rings. The van der Waals surface area contributed by atoms with Gasteiger partial charge >= 0.3 is 0 Å². The first-order valence-electron chi connectivity index (χ1n) is 10.6. The van der Waals surface area contributed by atoms with E-state index in [1.54, 1.807) is 4.68 Å². The van der Waals surface area contributed by atoms with Crippen LogP contribution in [0, 0.1) is 5.92 Å². The lowest BCUT2D eigenvalue weighted by atomic mass is 10.1. The molecule has 3 rings (SSSR count). The van der Waals surface area contributed by atoms with E-state index in [2.05, 4.69) is 41.2 Å². The highest BCUT2D eigenvalue weighted by atomic mass is 35.5. The molecule has 0 aromatic carbocycles. The zero-order chi connectivity index (χ0) is 20.1. The van der Waals surface area contributed by atoms with E-state index in [9.17, 15) is 0 Å². The summed E-state index contributed by atoms with van der Waals surface area (Å²) in [6.45, 7) is 10.6. The predicted octanol–water partition coefficient (Wildman–Crippen LogP) is 4.28. The van der Waals surface area contributed by atoms with Crippen LogP contribution in [0.3, 0.4) is 0 Å².